The van der Waals surface area contributed by atoms with E-state index in [-0.39, 0.29) is 11.6 Å². The molecule has 0 radical (unpaired) electrons. The third-order valence-corrected chi connectivity index (χ3v) is 3.45. The lowest BCUT2D eigenvalue weighted by Crippen LogP contribution is -2.02. The molecule has 1 heterocycles. The minimum absolute atomic E-state index is 0.255. The number of aryl methyl sites for hydroxylation is 1. The van der Waals surface area contributed by atoms with E-state index in [4.69, 9.17) is 0 Å². The van der Waals surface area contributed by atoms with Gasteiger partial charge in [-0.3, -0.25) is 0 Å². The van der Waals surface area contributed by atoms with Gasteiger partial charge in [0.15, 0.2) is 0 Å². The summed E-state index contributed by atoms with van der Waals surface area (Å²) in [6, 6.07) is 3.79. The van der Waals surface area contributed by atoms with E-state index in [1.165, 1.54) is 0 Å². The van der Waals surface area contributed by atoms with Crippen LogP contribution in [-0.2, 0) is 0 Å². The van der Waals surface area contributed by atoms with Crippen LogP contribution in [0.4, 0.5) is 0 Å². The summed E-state index contributed by atoms with van der Waals surface area (Å²) < 4.78 is 2.07. The largest absolute Gasteiger partial charge is 0.478 e. The Labute approximate surface area is 112 Å². The first-order valence-corrected chi connectivity index (χ1v) is 6.39. The normalized spacial score (nSPS) is 13.2. The first-order valence-electron chi connectivity index (χ1n) is 6.39. The molecule has 2 aromatic rings. The Morgan fingerprint density at radius 3 is 2.37 bits per heavy atom. The molecule has 0 saturated heterocycles. The summed E-state index contributed by atoms with van der Waals surface area (Å²) in [6.45, 7) is 7.61. The Balaban J connectivity index is 2.83. The number of fused-ring (bicyclic) bond motifs is 1. The van der Waals surface area contributed by atoms with Gasteiger partial charge >= 0.3 is 5.97 Å². The summed E-state index contributed by atoms with van der Waals surface area (Å²) in [4.78, 5) is 11.2. The number of carboxylic acids is 1. The quantitative estimate of drug-likeness (QED) is 0.891. The number of benzene rings is 1. The number of aromatic nitrogens is 1. The summed E-state index contributed by atoms with van der Waals surface area (Å²) in [5, 5.41) is 19.9. The van der Waals surface area contributed by atoms with Gasteiger partial charge in [-0.15, -0.1) is 0 Å². The van der Waals surface area contributed by atoms with Gasteiger partial charge in [0.05, 0.1) is 11.7 Å². The van der Waals surface area contributed by atoms with Gasteiger partial charge in [0.25, 0.3) is 0 Å². The molecular weight excluding hydrogens is 242 g/mol. The smallest absolute Gasteiger partial charge is 0.335 e. The van der Waals surface area contributed by atoms with Gasteiger partial charge in [-0.2, -0.15) is 0 Å². The lowest BCUT2D eigenvalue weighted by Gasteiger charge is -2.10. The molecule has 2 N–H and O–H groups in total. The van der Waals surface area contributed by atoms with Crippen LogP contribution < -0.4 is 0 Å². The molecule has 102 valence electrons. The molecule has 1 aromatic carbocycles. The minimum Gasteiger partial charge on any atom is -0.478 e. The molecule has 4 nitrogen and oxygen atoms in total. The fourth-order valence-electron chi connectivity index (χ4n) is 2.42. The van der Waals surface area contributed by atoms with Crippen molar-refractivity contribution in [1.29, 1.82) is 0 Å². The van der Waals surface area contributed by atoms with E-state index in [9.17, 15) is 15.0 Å². The lowest BCUT2D eigenvalue weighted by atomic mass is 10.0. The van der Waals surface area contributed by atoms with Gasteiger partial charge in [0.2, 0.25) is 0 Å². The highest BCUT2D eigenvalue weighted by Gasteiger charge is 2.17. The van der Waals surface area contributed by atoms with E-state index >= 15 is 0 Å². The molecule has 0 aliphatic heterocycles. The molecule has 0 aliphatic carbocycles. The minimum atomic E-state index is -0.937. The zero-order valence-electron chi connectivity index (χ0n) is 11.6. The maximum Gasteiger partial charge on any atom is 0.335 e. The Morgan fingerprint density at radius 1 is 1.26 bits per heavy atom. The van der Waals surface area contributed by atoms with Crippen molar-refractivity contribution in [3.63, 3.8) is 0 Å². The molecule has 0 amide bonds. The van der Waals surface area contributed by atoms with E-state index in [1.54, 1.807) is 19.9 Å². The van der Waals surface area contributed by atoms with Crippen molar-refractivity contribution in [2.75, 3.05) is 0 Å². The molecule has 0 saturated carbocycles. The number of rotatable bonds is 3. The van der Waals surface area contributed by atoms with Crippen LogP contribution in [0.25, 0.3) is 10.9 Å². The molecule has 0 spiro atoms. The Morgan fingerprint density at radius 2 is 1.89 bits per heavy atom. The van der Waals surface area contributed by atoms with E-state index in [2.05, 4.69) is 18.4 Å². The summed E-state index contributed by atoms with van der Waals surface area (Å²) >= 11 is 0. The van der Waals surface area contributed by atoms with Gasteiger partial charge < -0.3 is 14.8 Å². The summed E-state index contributed by atoms with van der Waals surface area (Å²) in [5.41, 5.74) is 2.76. The number of aliphatic hydroxyl groups excluding tert-OH is 1. The standard InChI is InChI=1S/C15H19NO3/c1-8(2)16-7-13(10(4)17)12-6-11(15(18)19)9(3)5-14(12)16/h5-8,10,17H,1-4H3,(H,18,19). The molecule has 1 aromatic heterocycles. The number of hydrogen-bond acceptors (Lipinski definition) is 2. The highest BCUT2D eigenvalue weighted by Crippen LogP contribution is 2.31. The summed E-state index contributed by atoms with van der Waals surface area (Å²) in [6.07, 6.45) is 1.29. The second kappa shape index (κ2) is 4.70. The lowest BCUT2D eigenvalue weighted by molar-refractivity contribution is 0.0696. The van der Waals surface area contributed by atoms with Crippen molar-refractivity contribution in [3.05, 3.63) is 35.0 Å². The average Bonchev–Trinajstić information content (AvgIpc) is 2.66. The fraction of sp³-hybridized carbons (Fsp3) is 0.400. The van der Waals surface area contributed by atoms with Crippen LogP contribution in [0.2, 0.25) is 0 Å². The van der Waals surface area contributed by atoms with Crippen molar-refractivity contribution < 1.29 is 15.0 Å². The maximum atomic E-state index is 11.2. The SMILES string of the molecule is Cc1cc2c(cc1C(=O)O)c(C(C)O)cn2C(C)C. The predicted molar refractivity (Wildman–Crippen MR) is 74.7 cm³/mol. The molecule has 1 atom stereocenters. The molecule has 1 unspecified atom stereocenters. The predicted octanol–water partition coefficient (Wildman–Crippen LogP) is 3.28. The maximum absolute atomic E-state index is 11.2. The van der Waals surface area contributed by atoms with Crippen molar-refractivity contribution in [2.45, 2.75) is 39.8 Å². The third kappa shape index (κ3) is 2.24. The van der Waals surface area contributed by atoms with Crippen LogP contribution >= 0.6 is 0 Å². The number of aliphatic hydroxyl groups is 1. The second-order valence-electron chi connectivity index (χ2n) is 5.25. The van der Waals surface area contributed by atoms with Crippen molar-refractivity contribution in [3.8, 4) is 0 Å². The van der Waals surface area contributed by atoms with Gasteiger partial charge in [0, 0.05) is 28.7 Å². The summed E-state index contributed by atoms with van der Waals surface area (Å²) in [5.74, 6) is -0.937. The molecule has 0 fully saturated rings. The molecular formula is C15H19NO3. The zero-order chi connectivity index (χ0) is 14.3. The van der Waals surface area contributed by atoms with Crippen molar-refractivity contribution in [1.82, 2.24) is 4.57 Å². The summed E-state index contributed by atoms with van der Waals surface area (Å²) in [7, 11) is 0. The fourth-order valence-corrected chi connectivity index (χ4v) is 2.42. The Kier molecular flexibility index (Phi) is 3.37. The van der Waals surface area contributed by atoms with Gasteiger partial charge in [0.1, 0.15) is 0 Å². The average molecular weight is 261 g/mol. The number of aromatic carboxylic acids is 1. The van der Waals surface area contributed by atoms with E-state index in [1.807, 2.05) is 12.3 Å². The van der Waals surface area contributed by atoms with E-state index in [0.29, 0.717) is 0 Å². The third-order valence-electron chi connectivity index (χ3n) is 3.45. The Bertz CT molecular complexity index is 638. The van der Waals surface area contributed by atoms with Crippen LogP contribution in [0.1, 0.15) is 54.4 Å². The molecule has 4 heteroatoms. The molecule has 0 aliphatic rings. The highest BCUT2D eigenvalue weighted by molar-refractivity contribution is 5.96. The van der Waals surface area contributed by atoms with Gasteiger partial charge in [-0.25, -0.2) is 4.79 Å². The van der Waals surface area contributed by atoms with E-state index < -0.39 is 12.1 Å². The monoisotopic (exact) mass is 261 g/mol. The van der Waals surface area contributed by atoms with Crippen LogP contribution in [0, 0.1) is 6.92 Å². The highest BCUT2D eigenvalue weighted by atomic mass is 16.4. The van der Waals surface area contributed by atoms with Crippen LogP contribution in [0.15, 0.2) is 18.3 Å². The van der Waals surface area contributed by atoms with Gasteiger partial charge in [-0.1, -0.05) is 0 Å². The van der Waals surface area contributed by atoms with Crippen LogP contribution in [0.5, 0.6) is 0 Å². The molecule has 19 heavy (non-hydrogen) atoms. The van der Waals surface area contributed by atoms with Crippen LogP contribution in [-0.4, -0.2) is 20.7 Å². The Hall–Kier alpha value is -1.81. The van der Waals surface area contributed by atoms with Crippen molar-refractivity contribution in [2.24, 2.45) is 0 Å². The topological polar surface area (TPSA) is 62.5 Å². The molecule has 2 rings (SSSR count). The van der Waals surface area contributed by atoms with Crippen molar-refractivity contribution >= 4 is 16.9 Å². The number of hydrogen-bond donors (Lipinski definition) is 2. The zero-order valence-corrected chi connectivity index (χ0v) is 11.6. The van der Waals surface area contributed by atoms with Crippen LogP contribution in [0.3, 0.4) is 0 Å². The first-order chi connectivity index (χ1) is 8.82. The number of nitrogens with zero attached hydrogens (tertiary/aromatic N) is 1. The van der Waals surface area contributed by atoms with E-state index in [0.717, 1.165) is 22.0 Å². The first kappa shape index (κ1) is 13.6. The second-order valence-corrected chi connectivity index (χ2v) is 5.25. The number of carboxylic acid groups (broad SMARTS) is 1. The number of carbonyl (C=O) groups is 1. The molecule has 0 bridgehead atoms. The van der Waals surface area contributed by atoms with Gasteiger partial charge in [-0.05, 0) is 45.4 Å².